The van der Waals surface area contributed by atoms with Crippen molar-refractivity contribution in [2.45, 2.75) is 50.5 Å². The summed E-state index contributed by atoms with van der Waals surface area (Å²) in [7, 11) is -3.53. The van der Waals surface area contributed by atoms with E-state index in [9.17, 15) is 13.2 Å². The number of sulfonamides is 1. The standard InChI is InChI=1S/C20H30N4O3S/c1-15(2)12-20(3)18(25)24(19(21)22-20)14-16-8-7-11-23(13-16)28(26,27)17-9-5-4-6-10-17/h4-6,9-10,15-16H,7-8,11-14H2,1-3H3,(H2,21,22)/t16-,20?/m1/s1. The first-order valence-corrected chi connectivity index (χ1v) is 11.3. The number of piperidine rings is 1. The molecule has 0 aromatic heterocycles. The highest BCUT2D eigenvalue weighted by Gasteiger charge is 2.45. The molecular weight excluding hydrogens is 376 g/mol. The topological polar surface area (TPSA) is 96.1 Å². The van der Waals surface area contributed by atoms with Crippen LogP contribution in [0.1, 0.15) is 40.0 Å². The maximum absolute atomic E-state index is 12.9. The summed E-state index contributed by atoms with van der Waals surface area (Å²) in [6, 6.07) is 8.48. The molecule has 0 saturated carbocycles. The SMILES string of the molecule is CC(C)CC1(C)N=C(N)N(C[C@@H]2CCCN(S(=O)(=O)c3ccccc3)C2)C1=O. The summed E-state index contributed by atoms with van der Waals surface area (Å²) in [5.74, 6) is 0.524. The lowest BCUT2D eigenvalue weighted by Gasteiger charge is -2.34. The lowest BCUT2D eigenvalue weighted by atomic mass is 9.90. The molecule has 1 saturated heterocycles. The van der Waals surface area contributed by atoms with Crippen molar-refractivity contribution >= 4 is 21.9 Å². The van der Waals surface area contributed by atoms with Crippen LogP contribution in [0.15, 0.2) is 40.2 Å². The van der Waals surface area contributed by atoms with Crippen molar-refractivity contribution < 1.29 is 13.2 Å². The van der Waals surface area contributed by atoms with Gasteiger partial charge < -0.3 is 5.73 Å². The van der Waals surface area contributed by atoms with E-state index in [1.54, 1.807) is 35.2 Å². The third-order valence-corrected chi connectivity index (χ3v) is 7.33. The van der Waals surface area contributed by atoms with Gasteiger partial charge in [-0.1, -0.05) is 32.0 Å². The van der Waals surface area contributed by atoms with Gasteiger partial charge in [-0.05, 0) is 50.2 Å². The molecule has 1 amide bonds. The predicted molar refractivity (Wildman–Crippen MR) is 109 cm³/mol. The van der Waals surface area contributed by atoms with Crippen LogP contribution in [0.3, 0.4) is 0 Å². The van der Waals surface area contributed by atoms with Gasteiger partial charge in [0, 0.05) is 19.6 Å². The molecule has 0 radical (unpaired) electrons. The number of aliphatic imine (C=N–C) groups is 1. The Morgan fingerprint density at radius 1 is 1.29 bits per heavy atom. The van der Waals surface area contributed by atoms with Crippen LogP contribution < -0.4 is 5.73 Å². The number of hydrogen-bond acceptors (Lipinski definition) is 5. The van der Waals surface area contributed by atoms with E-state index in [2.05, 4.69) is 18.8 Å². The molecule has 28 heavy (non-hydrogen) atoms. The minimum atomic E-state index is -3.53. The number of guanidine groups is 1. The molecule has 2 aliphatic rings. The summed E-state index contributed by atoms with van der Waals surface area (Å²) in [5.41, 5.74) is 5.26. The number of rotatable bonds is 6. The molecule has 0 bridgehead atoms. The Labute approximate surface area is 167 Å². The molecule has 2 heterocycles. The minimum Gasteiger partial charge on any atom is -0.369 e. The average molecular weight is 407 g/mol. The smallest absolute Gasteiger partial charge is 0.257 e. The first kappa shape index (κ1) is 20.8. The van der Waals surface area contributed by atoms with Crippen molar-refractivity contribution in [3.63, 3.8) is 0 Å². The third-order valence-electron chi connectivity index (χ3n) is 5.45. The van der Waals surface area contributed by atoms with Crippen LogP contribution in [0.5, 0.6) is 0 Å². The predicted octanol–water partition coefficient (Wildman–Crippen LogP) is 2.05. The van der Waals surface area contributed by atoms with Gasteiger partial charge in [0.2, 0.25) is 10.0 Å². The average Bonchev–Trinajstić information content (AvgIpc) is 2.85. The number of benzene rings is 1. The Bertz CT molecular complexity index is 853. The second-order valence-corrected chi connectivity index (χ2v) is 10.4. The van der Waals surface area contributed by atoms with Crippen LogP contribution in [0.4, 0.5) is 0 Å². The number of carbonyl (C=O) groups is 1. The number of nitrogens with two attached hydrogens (primary N) is 1. The zero-order valence-electron chi connectivity index (χ0n) is 16.8. The highest BCUT2D eigenvalue weighted by atomic mass is 32.2. The van der Waals surface area contributed by atoms with Crippen LogP contribution in [0.25, 0.3) is 0 Å². The van der Waals surface area contributed by atoms with Gasteiger partial charge in [0.25, 0.3) is 5.91 Å². The number of nitrogens with zero attached hydrogens (tertiary/aromatic N) is 3. The molecule has 8 heteroatoms. The van der Waals surface area contributed by atoms with Gasteiger partial charge in [-0.25, -0.2) is 13.4 Å². The fourth-order valence-corrected chi connectivity index (χ4v) is 5.83. The number of amides is 1. The fraction of sp³-hybridized carbons (Fsp3) is 0.600. The largest absolute Gasteiger partial charge is 0.369 e. The quantitative estimate of drug-likeness (QED) is 0.782. The summed E-state index contributed by atoms with van der Waals surface area (Å²) in [5, 5.41) is 0. The second-order valence-electron chi connectivity index (χ2n) is 8.44. The van der Waals surface area contributed by atoms with E-state index in [0.717, 1.165) is 12.8 Å². The molecule has 1 fully saturated rings. The Kier molecular flexibility index (Phi) is 5.82. The lowest BCUT2D eigenvalue weighted by molar-refractivity contribution is -0.131. The van der Waals surface area contributed by atoms with Crippen molar-refractivity contribution in [1.29, 1.82) is 0 Å². The zero-order chi connectivity index (χ0) is 20.5. The molecule has 0 aliphatic carbocycles. The molecule has 2 aliphatic heterocycles. The molecule has 1 unspecified atom stereocenters. The Balaban J connectivity index is 1.71. The molecular formula is C20H30N4O3S. The van der Waals surface area contributed by atoms with Crippen molar-refractivity contribution in [3.05, 3.63) is 30.3 Å². The van der Waals surface area contributed by atoms with Crippen LogP contribution in [0, 0.1) is 11.8 Å². The van der Waals surface area contributed by atoms with E-state index in [0.29, 0.717) is 36.9 Å². The fourth-order valence-electron chi connectivity index (χ4n) is 4.25. The van der Waals surface area contributed by atoms with E-state index in [4.69, 9.17) is 5.73 Å². The molecule has 0 spiro atoms. The summed E-state index contributed by atoms with van der Waals surface area (Å²) < 4.78 is 27.4. The molecule has 1 aromatic rings. The second kappa shape index (κ2) is 7.83. The Morgan fingerprint density at radius 2 is 1.96 bits per heavy atom. The highest BCUT2D eigenvalue weighted by Crippen LogP contribution is 2.31. The summed E-state index contributed by atoms with van der Waals surface area (Å²) in [4.78, 5) is 19.2. The first-order valence-electron chi connectivity index (χ1n) is 9.86. The summed E-state index contributed by atoms with van der Waals surface area (Å²) >= 11 is 0. The van der Waals surface area contributed by atoms with Gasteiger partial charge >= 0.3 is 0 Å². The van der Waals surface area contributed by atoms with Gasteiger partial charge in [-0.15, -0.1) is 0 Å². The molecule has 2 N–H and O–H groups in total. The van der Waals surface area contributed by atoms with Crippen molar-refractivity contribution in [1.82, 2.24) is 9.21 Å². The molecule has 2 atom stereocenters. The summed E-state index contributed by atoms with van der Waals surface area (Å²) in [6.07, 6.45) is 2.26. The van der Waals surface area contributed by atoms with Gasteiger partial charge in [0.05, 0.1) is 4.90 Å². The van der Waals surface area contributed by atoms with Crippen molar-refractivity contribution in [3.8, 4) is 0 Å². The van der Waals surface area contributed by atoms with Crippen LogP contribution in [-0.2, 0) is 14.8 Å². The van der Waals surface area contributed by atoms with Gasteiger partial charge in [-0.2, -0.15) is 4.31 Å². The van der Waals surface area contributed by atoms with Crippen LogP contribution in [-0.4, -0.2) is 54.7 Å². The van der Waals surface area contributed by atoms with Gasteiger partial charge in [0.1, 0.15) is 5.54 Å². The number of carbonyl (C=O) groups excluding carboxylic acids is 1. The zero-order valence-corrected chi connectivity index (χ0v) is 17.7. The third kappa shape index (κ3) is 4.07. The summed E-state index contributed by atoms with van der Waals surface area (Å²) in [6.45, 7) is 7.23. The normalized spacial score (nSPS) is 26.7. The van der Waals surface area contributed by atoms with E-state index in [1.165, 1.54) is 4.31 Å². The Hall–Kier alpha value is -1.93. The van der Waals surface area contributed by atoms with E-state index >= 15 is 0 Å². The van der Waals surface area contributed by atoms with Crippen molar-refractivity contribution in [2.75, 3.05) is 19.6 Å². The molecule has 1 aromatic carbocycles. The van der Waals surface area contributed by atoms with E-state index in [1.807, 2.05) is 6.92 Å². The molecule has 3 rings (SSSR count). The molecule has 154 valence electrons. The highest BCUT2D eigenvalue weighted by molar-refractivity contribution is 7.89. The van der Waals surface area contributed by atoms with E-state index in [-0.39, 0.29) is 17.8 Å². The van der Waals surface area contributed by atoms with Gasteiger partial charge in [0.15, 0.2) is 5.96 Å². The number of hydrogen-bond donors (Lipinski definition) is 1. The maximum atomic E-state index is 12.9. The van der Waals surface area contributed by atoms with Gasteiger partial charge in [-0.3, -0.25) is 9.69 Å². The van der Waals surface area contributed by atoms with E-state index < -0.39 is 15.6 Å². The first-order chi connectivity index (χ1) is 13.1. The lowest BCUT2D eigenvalue weighted by Crippen LogP contribution is -2.49. The maximum Gasteiger partial charge on any atom is 0.257 e. The van der Waals surface area contributed by atoms with Crippen LogP contribution in [0.2, 0.25) is 0 Å². The van der Waals surface area contributed by atoms with Crippen LogP contribution >= 0.6 is 0 Å². The monoisotopic (exact) mass is 406 g/mol. The minimum absolute atomic E-state index is 0.0336. The molecule has 7 nitrogen and oxygen atoms in total. The Morgan fingerprint density at radius 3 is 2.61 bits per heavy atom. The van der Waals surface area contributed by atoms with Crippen molar-refractivity contribution in [2.24, 2.45) is 22.6 Å².